The summed E-state index contributed by atoms with van der Waals surface area (Å²) >= 11 is 0. The molecule has 2 aromatic heterocycles. The minimum atomic E-state index is -0.0573. The van der Waals surface area contributed by atoms with E-state index in [1.165, 1.54) is 12.7 Å². The Labute approximate surface area is 181 Å². The van der Waals surface area contributed by atoms with E-state index >= 15 is 0 Å². The average Bonchev–Trinajstić information content (AvgIpc) is 3.52. The van der Waals surface area contributed by atoms with Crippen molar-refractivity contribution in [3.05, 3.63) is 36.3 Å². The van der Waals surface area contributed by atoms with E-state index in [4.69, 9.17) is 9.15 Å². The highest BCUT2D eigenvalue weighted by Crippen LogP contribution is 2.53. The monoisotopic (exact) mass is 427 g/mol. The largest absolute Gasteiger partial charge is 0.454 e. The topological polar surface area (TPSA) is 93.7 Å². The van der Waals surface area contributed by atoms with Crippen LogP contribution in [-0.2, 0) is 16.1 Å². The van der Waals surface area contributed by atoms with Crippen LogP contribution in [0.25, 0.3) is 0 Å². The Morgan fingerprint density at radius 3 is 2.71 bits per heavy atom. The number of carbonyl (C=O) groups is 2. The zero-order chi connectivity index (χ0) is 21.3. The zero-order valence-corrected chi connectivity index (χ0v) is 17.7. The summed E-state index contributed by atoms with van der Waals surface area (Å²) in [6.45, 7) is 4.55. The molecule has 166 valence electrons. The molecule has 2 aliphatic heterocycles. The lowest BCUT2D eigenvalue weighted by Gasteiger charge is -2.43. The van der Waals surface area contributed by atoms with Crippen LogP contribution in [0.3, 0.4) is 0 Å². The molecule has 4 heterocycles. The molecule has 9 nitrogen and oxygen atoms in total. The first-order valence-corrected chi connectivity index (χ1v) is 11.2. The van der Waals surface area contributed by atoms with Crippen LogP contribution >= 0.6 is 0 Å². The van der Waals surface area contributed by atoms with Crippen LogP contribution in [0.4, 0.5) is 0 Å². The number of carbonyl (C=O) groups excluding carboxylic acids is 2. The number of furan rings is 1. The molecule has 1 atom stereocenters. The number of rotatable bonds is 6. The third kappa shape index (κ3) is 4.11. The van der Waals surface area contributed by atoms with Crippen molar-refractivity contribution < 1.29 is 18.7 Å². The van der Waals surface area contributed by atoms with Gasteiger partial charge in [-0.05, 0) is 42.7 Å². The van der Waals surface area contributed by atoms with E-state index in [2.05, 4.69) is 10.1 Å². The highest BCUT2D eigenvalue weighted by atomic mass is 16.5. The van der Waals surface area contributed by atoms with Crippen molar-refractivity contribution in [1.82, 2.24) is 24.6 Å². The fourth-order valence-corrected chi connectivity index (χ4v) is 5.26. The van der Waals surface area contributed by atoms with Crippen LogP contribution in [0.5, 0.6) is 0 Å². The van der Waals surface area contributed by atoms with Gasteiger partial charge in [-0.15, -0.1) is 0 Å². The Kier molecular flexibility index (Phi) is 5.52. The first-order chi connectivity index (χ1) is 15.1. The molecule has 9 heteroatoms. The second-order valence-corrected chi connectivity index (χ2v) is 8.99. The summed E-state index contributed by atoms with van der Waals surface area (Å²) in [6, 6.07) is 3.57. The van der Waals surface area contributed by atoms with E-state index in [1.54, 1.807) is 17.1 Å². The lowest BCUT2D eigenvalue weighted by Crippen LogP contribution is -2.42. The molecule has 0 aromatic carbocycles. The molecule has 1 saturated carbocycles. The Hall–Kier alpha value is -2.68. The highest BCUT2D eigenvalue weighted by Gasteiger charge is 2.51. The van der Waals surface area contributed by atoms with Crippen molar-refractivity contribution in [2.24, 2.45) is 11.3 Å². The van der Waals surface area contributed by atoms with Crippen molar-refractivity contribution in [2.45, 2.75) is 38.6 Å². The first-order valence-electron chi connectivity index (χ1n) is 11.2. The van der Waals surface area contributed by atoms with E-state index < -0.39 is 0 Å². The number of nitrogens with zero attached hydrogens (tertiary/aromatic N) is 5. The van der Waals surface area contributed by atoms with Crippen molar-refractivity contribution in [3.8, 4) is 0 Å². The molecule has 3 aliphatic rings. The lowest BCUT2D eigenvalue weighted by atomic mass is 9.62. The van der Waals surface area contributed by atoms with Gasteiger partial charge in [0.25, 0.3) is 5.91 Å². The number of likely N-dealkylation sites (tertiary alicyclic amines) is 1. The number of ether oxygens (including phenoxy) is 1. The summed E-state index contributed by atoms with van der Waals surface area (Å²) in [5, 5.41) is 4.07. The normalized spacial score (nSPS) is 22.6. The van der Waals surface area contributed by atoms with E-state index in [0.717, 1.165) is 25.8 Å². The van der Waals surface area contributed by atoms with E-state index in [9.17, 15) is 9.59 Å². The fraction of sp³-hybridized carbons (Fsp3) is 0.636. The average molecular weight is 428 g/mol. The van der Waals surface area contributed by atoms with Crippen molar-refractivity contribution in [3.63, 3.8) is 0 Å². The maximum Gasteiger partial charge on any atom is 0.289 e. The van der Waals surface area contributed by atoms with E-state index in [1.807, 2.05) is 15.9 Å². The third-order valence-corrected chi connectivity index (χ3v) is 7.18. The zero-order valence-electron chi connectivity index (χ0n) is 17.7. The maximum absolute atomic E-state index is 13.1. The Bertz CT molecular complexity index is 914. The molecule has 0 N–H and O–H groups in total. The predicted octanol–water partition coefficient (Wildman–Crippen LogP) is 1.80. The van der Waals surface area contributed by atoms with Gasteiger partial charge >= 0.3 is 0 Å². The smallest absolute Gasteiger partial charge is 0.289 e. The molecule has 31 heavy (non-hydrogen) atoms. The minimum Gasteiger partial charge on any atom is -0.454 e. The Balaban J connectivity index is 1.20. The SMILES string of the molecule is O=C(CCC1CN(C(=O)c2ccc(Cn3cncn3)o2)CC12CCC2)N1CCOCC1. The Morgan fingerprint density at radius 2 is 2.00 bits per heavy atom. The molecule has 1 spiro atoms. The summed E-state index contributed by atoms with van der Waals surface area (Å²) < 4.78 is 12.8. The number of hydrogen-bond donors (Lipinski definition) is 0. The van der Waals surface area contributed by atoms with Crippen LogP contribution in [0.15, 0.2) is 29.2 Å². The van der Waals surface area contributed by atoms with Gasteiger partial charge in [0.2, 0.25) is 5.91 Å². The van der Waals surface area contributed by atoms with Gasteiger partial charge in [0.15, 0.2) is 5.76 Å². The Morgan fingerprint density at radius 1 is 1.16 bits per heavy atom. The molecule has 2 aromatic rings. The second kappa shape index (κ2) is 8.45. The van der Waals surface area contributed by atoms with Crippen LogP contribution in [0.2, 0.25) is 0 Å². The van der Waals surface area contributed by atoms with Gasteiger partial charge in [-0.2, -0.15) is 5.10 Å². The third-order valence-electron chi connectivity index (χ3n) is 7.18. The van der Waals surface area contributed by atoms with Crippen molar-refractivity contribution >= 4 is 11.8 Å². The van der Waals surface area contributed by atoms with Gasteiger partial charge in [0.1, 0.15) is 25.0 Å². The molecule has 1 unspecified atom stereocenters. The molecular weight excluding hydrogens is 398 g/mol. The molecule has 2 saturated heterocycles. The van der Waals surface area contributed by atoms with Gasteiger partial charge in [-0.3, -0.25) is 9.59 Å². The molecular formula is C22H29N5O4. The minimum absolute atomic E-state index is 0.0573. The summed E-state index contributed by atoms with van der Waals surface area (Å²) in [5.74, 6) is 1.58. The van der Waals surface area contributed by atoms with Crippen LogP contribution in [0.1, 0.15) is 48.4 Å². The summed E-state index contributed by atoms with van der Waals surface area (Å²) in [4.78, 5) is 33.5. The molecule has 0 radical (unpaired) electrons. The highest BCUT2D eigenvalue weighted by molar-refractivity contribution is 5.91. The van der Waals surface area contributed by atoms with Gasteiger partial charge in [0.05, 0.1) is 13.2 Å². The quantitative estimate of drug-likeness (QED) is 0.698. The van der Waals surface area contributed by atoms with Crippen LogP contribution in [0, 0.1) is 11.3 Å². The van der Waals surface area contributed by atoms with Gasteiger partial charge in [-0.25, -0.2) is 9.67 Å². The summed E-state index contributed by atoms with van der Waals surface area (Å²) in [7, 11) is 0. The number of aromatic nitrogens is 3. The molecule has 2 amide bonds. The lowest BCUT2D eigenvalue weighted by molar-refractivity contribution is -0.135. The molecule has 3 fully saturated rings. The van der Waals surface area contributed by atoms with Gasteiger partial charge in [-0.1, -0.05) is 6.42 Å². The van der Waals surface area contributed by atoms with Crippen LogP contribution < -0.4 is 0 Å². The van der Waals surface area contributed by atoms with Crippen LogP contribution in [-0.4, -0.2) is 75.8 Å². The standard InChI is InChI=1S/C22H29N5O4/c28-20(25-8-10-30-11-9-25)5-2-17-12-26(14-22(17)6-1-7-22)21(29)19-4-3-18(31-19)13-27-16-23-15-24-27/h3-4,15-17H,1-2,5-14H2. The number of amides is 2. The molecule has 5 rings (SSSR count). The number of hydrogen-bond acceptors (Lipinski definition) is 6. The summed E-state index contributed by atoms with van der Waals surface area (Å²) in [5.41, 5.74) is 0.178. The van der Waals surface area contributed by atoms with E-state index in [0.29, 0.717) is 63.3 Å². The van der Waals surface area contributed by atoms with Crippen molar-refractivity contribution in [1.29, 1.82) is 0 Å². The van der Waals surface area contributed by atoms with E-state index in [-0.39, 0.29) is 17.2 Å². The fourth-order valence-electron chi connectivity index (χ4n) is 5.26. The van der Waals surface area contributed by atoms with Gasteiger partial charge < -0.3 is 19.0 Å². The van der Waals surface area contributed by atoms with Gasteiger partial charge in [0, 0.05) is 32.6 Å². The number of morpholine rings is 1. The maximum atomic E-state index is 13.1. The summed E-state index contributed by atoms with van der Waals surface area (Å²) in [6.07, 6.45) is 7.98. The first kappa shape index (κ1) is 20.2. The molecule has 1 aliphatic carbocycles. The predicted molar refractivity (Wildman–Crippen MR) is 110 cm³/mol. The van der Waals surface area contributed by atoms with Crippen molar-refractivity contribution in [2.75, 3.05) is 39.4 Å². The second-order valence-electron chi connectivity index (χ2n) is 8.99. The molecule has 0 bridgehead atoms.